The van der Waals surface area contributed by atoms with E-state index in [1.54, 1.807) is 0 Å². The smallest absolute Gasteiger partial charge is 0.295 e. The summed E-state index contributed by atoms with van der Waals surface area (Å²) in [6.45, 7) is 0. The lowest BCUT2D eigenvalue weighted by Gasteiger charge is -2.18. The summed E-state index contributed by atoms with van der Waals surface area (Å²) in [7, 11) is -6.90. The van der Waals surface area contributed by atoms with E-state index < -0.39 is 41.8 Å². The van der Waals surface area contributed by atoms with Gasteiger partial charge in [0, 0.05) is 36.0 Å². The highest BCUT2D eigenvalue weighted by Gasteiger charge is 2.27. The molecule has 4 N–H and O–H groups in total. The van der Waals surface area contributed by atoms with Crippen LogP contribution in [-0.4, -0.2) is 51.9 Å². The van der Waals surface area contributed by atoms with E-state index in [2.05, 4.69) is 10.6 Å². The van der Waals surface area contributed by atoms with Crippen LogP contribution in [0.2, 0.25) is 0 Å². The van der Waals surface area contributed by atoms with Gasteiger partial charge in [-0.3, -0.25) is 18.7 Å². The molecule has 0 atom stereocenters. The molecule has 4 rings (SSSR count). The van der Waals surface area contributed by atoms with Crippen molar-refractivity contribution in [3.8, 4) is 0 Å². The monoisotopic (exact) mass is 476 g/mol. The van der Waals surface area contributed by atoms with Crippen molar-refractivity contribution in [2.45, 2.75) is 9.79 Å². The van der Waals surface area contributed by atoms with Crippen molar-refractivity contribution in [1.82, 2.24) is 10.6 Å². The molecule has 4 aromatic carbocycles. The second-order valence-electron chi connectivity index (χ2n) is 7.02. The van der Waals surface area contributed by atoms with E-state index in [1.165, 1.54) is 38.4 Å². The maximum Gasteiger partial charge on any atom is 0.295 e. The largest absolute Gasteiger partial charge is 0.355 e. The molecule has 32 heavy (non-hydrogen) atoms. The normalized spacial score (nSPS) is 12.5. The Bertz CT molecular complexity index is 1550. The first-order valence-electron chi connectivity index (χ1n) is 9.07. The molecule has 0 saturated carbocycles. The van der Waals surface area contributed by atoms with Crippen LogP contribution in [0.5, 0.6) is 0 Å². The van der Waals surface area contributed by atoms with Crippen LogP contribution in [0.25, 0.3) is 32.3 Å². The number of carbonyl (C=O) groups is 2. The minimum absolute atomic E-state index is 0.0172. The van der Waals surface area contributed by atoms with Crippen LogP contribution < -0.4 is 10.6 Å². The Labute approximate surface area is 182 Å². The lowest BCUT2D eigenvalue weighted by molar-refractivity contribution is 0.0956. The molecule has 0 aliphatic heterocycles. The molecule has 0 fully saturated rings. The Morgan fingerprint density at radius 1 is 0.656 bits per heavy atom. The van der Waals surface area contributed by atoms with Crippen molar-refractivity contribution in [2.75, 3.05) is 14.1 Å². The quantitative estimate of drug-likeness (QED) is 0.255. The van der Waals surface area contributed by atoms with E-state index in [4.69, 9.17) is 0 Å². The minimum Gasteiger partial charge on any atom is -0.355 e. The van der Waals surface area contributed by atoms with Crippen LogP contribution in [0.3, 0.4) is 0 Å². The van der Waals surface area contributed by atoms with E-state index in [9.17, 15) is 35.5 Å². The molecule has 0 aliphatic carbocycles. The predicted octanol–water partition coefficient (Wildman–Crippen LogP) is 1.80. The molecule has 0 aromatic heterocycles. The first-order valence-corrected chi connectivity index (χ1v) is 12.0. The van der Waals surface area contributed by atoms with E-state index in [0.717, 1.165) is 12.1 Å². The van der Waals surface area contributed by atoms with Crippen molar-refractivity contribution in [3.05, 3.63) is 47.5 Å². The zero-order valence-corrected chi connectivity index (χ0v) is 18.3. The first kappa shape index (κ1) is 21.9. The van der Waals surface area contributed by atoms with Crippen molar-refractivity contribution in [2.24, 2.45) is 0 Å². The topological polar surface area (TPSA) is 167 Å². The van der Waals surface area contributed by atoms with Crippen molar-refractivity contribution in [3.63, 3.8) is 0 Å². The molecule has 0 saturated heterocycles. The Morgan fingerprint density at radius 2 is 0.969 bits per heavy atom. The summed E-state index contributed by atoms with van der Waals surface area (Å²) < 4.78 is 68.1. The number of nitrogens with one attached hydrogen (secondary N) is 2. The van der Waals surface area contributed by atoms with Crippen molar-refractivity contribution < 1.29 is 35.5 Å². The van der Waals surface area contributed by atoms with Crippen molar-refractivity contribution in [1.29, 1.82) is 0 Å². The average Bonchev–Trinajstić information content (AvgIpc) is 2.73. The number of hydrogen-bond acceptors (Lipinski definition) is 6. The second-order valence-corrected chi connectivity index (χ2v) is 9.80. The molecule has 10 nitrogen and oxygen atoms in total. The van der Waals surface area contributed by atoms with E-state index in [0.29, 0.717) is 0 Å². The molecule has 0 radical (unpaired) electrons. The van der Waals surface area contributed by atoms with Gasteiger partial charge in [-0.1, -0.05) is 24.3 Å². The lowest BCUT2D eigenvalue weighted by atomic mass is 9.89. The van der Waals surface area contributed by atoms with Crippen LogP contribution in [0, 0.1) is 0 Å². The fourth-order valence-electron chi connectivity index (χ4n) is 4.00. The van der Waals surface area contributed by atoms with E-state index in [1.807, 2.05) is 0 Å². The van der Waals surface area contributed by atoms with Gasteiger partial charge in [0.15, 0.2) is 0 Å². The number of rotatable bonds is 4. The number of amides is 2. The maximum atomic E-state index is 12.5. The fourth-order valence-corrected chi connectivity index (χ4v) is 5.43. The summed E-state index contributed by atoms with van der Waals surface area (Å²) in [5.41, 5.74) is -0.165. The molecule has 0 spiro atoms. The summed E-state index contributed by atoms with van der Waals surface area (Å²) in [5, 5.41) is 5.63. The van der Waals surface area contributed by atoms with Crippen LogP contribution in [0.1, 0.15) is 20.7 Å². The van der Waals surface area contributed by atoms with Crippen LogP contribution in [-0.2, 0) is 20.2 Å². The predicted molar refractivity (Wildman–Crippen MR) is 117 cm³/mol. The van der Waals surface area contributed by atoms with Gasteiger partial charge in [-0.25, -0.2) is 0 Å². The third kappa shape index (κ3) is 3.15. The van der Waals surface area contributed by atoms with Gasteiger partial charge in [-0.15, -0.1) is 0 Å². The summed E-state index contributed by atoms with van der Waals surface area (Å²) in [4.78, 5) is 23.9. The van der Waals surface area contributed by atoms with Gasteiger partial charge in [0.25, 0.3) is 32.1 Å². The molecular weight excluding hydrogens is 460 g/mol. The maximum absolute atomic E-state index is 12.5. The Hall–Kier alpha value is -3.32. The minimum atomic E-state index is -4.79. The third-order valence-electron chi connectivity index (χ3n) is 5.32. The number of benzene rings is 4. The SMILES string of the molecule is CNC(=O)c1cc(S(=O)(=O)O)c2ccc3c(C(=O)NC)cc(S(=O)(=O)O)c4ccc1c2c34. The number of carbonyl (C=O) groups excluding carboxylic acids is 2. The highest BCUT2D eigenvalue weighted by Crippen LogP contribution is 2.42. The molecule has 2 amide bonds. The molecule has 0 heterocycles. The van der Waals surface area contributed by atoms with Gasteiger partial charge in [-0.05, 0) is 33.7 Å². The van der Waals surface area contributed by atoms with Gasteiger partial charge in [0.2, 0.25) is 0 Å². The highest BCUT2D eigenvalue weighted by molar-refractivity contribution is 7.86. The molecule has 4 aromatic rings. The molecule has 0 unspecified atom stereocenters. The molecular formula is C20H16N2O8S2. The summed E-state index contributed by atoms with van der Waals surface area (Å²) in [6.07, 6.45) is 0. The Balaban J connectivity index is 2.41. The zero-order chi connectivity index (χ0) is 23.6. The van der Waals surface area contributed by atoms with E-state index in [-0.39, 0.29) is 43.4 Å². The zero-order valence-electron chi connectivity index (χ0n) is 16.6. The highest BCUT2D eigenvalue weighted by atomic mass is 32.2. The van der Waals surface area contributed by atoms with Crippen LogP contribution >= 0.6 is 0 Å². The third-order valence-corrected chi connectivity index (χ3v) is 7.11. The summed E-state index contributed by atoms with van der Waals surface area (Å²) in [5.74, 6) is -1.29. The molecule has 0 bridgehead atoms. The Kier molecular flexibility index (Phi) is 4.86. The molecule has 166 valence electrons. The molecule has 12 heteroatoms. The Morgan fingerprint density at radius 3 is 1.25 bits per heavy atom. The molecule has 0 aliphatic rings. The van der Waals surface area contributed by atoms with Gasteiger partial charge in [-0.2, -0.15) is 16.8 Å². The van der Waals surface area contributed by atoms with Gasteiger partial charge < -0.3 is 10.6 Å². The average molecular weight is 476 g/mol. The lowest BCUT2D eigenvalue weighted by Crippen LogP contribution is -2.20. The summed E-state index contributed by atoms with van der Waals surface area (Å²) in [6, 6.07) is 7.60. The fraction of sp³-hybridized carbons (Fsp3) is 0.100. The first-order chi connectivity index (χ1) is 14.9. The van der Waals surface area contributed by atoms with E-state index >= 15 is 0 Å². The van der Waals surface area contributed by atoms with Gasteiger partial charge in [0.1, 0.15) is 9.79 Å². The van der Waals surface area contributed by atoms with Crippen LogP contribution in [0.4, 0.5) is 0 Å². The second kappa shape index (κ2) is 7.10. The van der Waals surface area contributed by atoms with Crippen LogP contribution in [0.15, 0.2) is 46.2 Å². The van der Waals surface area contributed by atoms with Gasteiger partial charge >= 0.3 is 0 Å². The number of hydrogen-bond donors (Lipinski definition) is 4. The summed E-state index contributed by atoms with van der Waals surface area (Å²) >= 11 is 0. The standard InChI is InChI=1S/C20H16N2O8S2/c1-21-19(23)13-7-15(31(25,26)27)11-6-4-10-14(20(24)22-2)8-16(32(28,29)30)12-5-3-9(13)17(11)18(10)12/h3-8H,1-2H3,(H,21,23)(H,22,24)(H,25,26,27)(H,28,29,30). The van der Waals surface area contributed by atoms with Gasteiger partial charge in [0.05, 0.1) is 0 Å². The van der Waals surface area contributed by atoms with Crippen molar-refractivity contribution >= 4 is 64.4 Å².